The monoisotopic (exact) mass is 779 g/mol. The zero-order valence-corrected chi connectivity index (χ0v) is 37.6. The van der Waals surface area contributed by atoms with E-state index in [-0.39, 0.29) is 31.1 Å². The molecule has 0 radical (unpaired) electrons. The molecule has 0 bridgehead atoms. The largest absolute Gasteiger partial charge is 0.462 e. The number of esters is 3. The van der Waals surface area contributed by atoms with Crippen LogP contribution in [0.1, 0.15) is 266 Å². The number of unbranched alkanes of at least 4 members (excludes halogenated alkanes) is 27. The van der Waals surface area contributed by atoms with Crippen LogP contribution in [-0.4, -0.2) is 37.2 Å². The fourth-order valence-corrected chi connectivity index (χ4v) is 7.25. The van der Waals surface area contributed by atoms with Crippen LogP contribution in [0.15, 0.2) is 0 Å². The van der Waals surface area contributed by atoms with Crippen LogP contribution in [0.5, 0.6) is 0 Å². The van der Waals surface area contributed by atoms with Crippen molar-refractivity contribution in [3.8, 4) is 0 Å². The lowest BCUT2D eigenvalue weighted by molar-refractivity contribution is -0.167. The molecule has 6 heteroatoms. The summed E-state index contributed by atoms with van der Waals surface area (Å²) in [5.74, 6) is 0.830. The lowest BCUT2D eigenvalue weighted by Gasteiger charge is -2.18. The average Bonchev–Trinajstić information content (AvgIpc) is 3.17. The molecule has 0 aromatic rings. The Hall–Kier alpha value is -1.59. The number of ether oxygens (including phenoxy) is 3. The first kappa shape index (κ1) is 53.4. The van der Waals surface area contributed by atoms with Crippen molar-refractivity contribution >= 4 is 17.9 Å². The highest BCUT2D eigenvalue weighted by Gasteiger charge is 2.19. The van der Waals surface area contributed by atoms with Gasteiger partial charge in [0.2, 0.25) is 0 Å². The summed E-state index contributed by atoms with van der Waals surface area (Å²) < 4.78 is 16.7. The minimum absolute atomic E-state index is 0.0647. The van der Waals surface area contributed by atoms with Gasteiger partial charge >= 0.3 is 17.9 Å². The minimum atomic E-state index is -0.760. The third kappa shape index (κ3) is 41.9. The van der Waals surface area contributed by atoms with Gasteiger partial charge in [-0.2, -0.15) is 0 Å². The summed E-state index contributed by atoms with van der Waals surface area (Å²) in [7, 11) is 0. The van der Waals surface area contributed by atoms with Crippen LogP contribution in [0.2, 0.25) is 0 Å². The van der Waals surface area contributed by atoms with Crippen LogP contribution in [-0.2, 0) is 28.6 Å². The summed E-state index contributed by atoms with van der Waals surface area (Å²) in [6.07, 6.45) is 40.8. The maximum atomic E-state index is 12.7. The number of carbonyl (C=O) groups excluding carboxylic acids is 3. The molecule has 0 spiro atoms. The second-order valence-corrected chi connectivity index (χ2v) is 17.5. The van der Waals surface area contributed by atoms with E-state index in [1.165, 1.54) is 154 Å². The molecule has 1 unspecified atom stereocenters. The van der Waals surface area contributed by atoms with Crippen molar-refractivity contribution in [1.82, 2.24) is 0 Å². The van der Waals surface area contributed by atoms with Gasteiger partial charge in [-0.3, -0.25) is 14.4 Å². The average molecular weight is 779 g/mol. The molecule has 6 nitrogen and oxygen atoms in total. The van der Waals surface area contributed by atoms with E-state index in [9.17, 15) is 14.4 Å². The highest BCUT2D eigenvalue weighted by molar-refractivity contribution is 5.71. The van der Waals surface area contributed by atoms with E-state index in [4.69, 9.17) is 14.2 Å². The first-order chi connectivity index (χ1) is 26.8. The van der Waals surface area contributed by atoms with Gasteiger partial charge in [0, 0.05) is 19.3 Å². The van der Waals surface area contributed by atoms with Crippen LogP contribution >= 0.6 is 0 Å². The van der Waals surface area contributed by atoms with E-state index in [1.807, 2.05) is 0 Å². The van der Waals surface area contributed by atoms with Crippen LogP contribution in [0.4, 0.5) is 0 Å². The molecular weight excluding hydrogens is 685 g/mol. The third-order valence-electron chi connectivity index (χ3n) is 11.3. The van der Waals surface area contributed by atoms with Crippen molar-refractivity contribution in [1.29, 1.82) is 0 Å². The van der Waals surface area contributed by atoms with Crippen LogP contribution in [0.25, 0.3) is 0 Å². The zero-order chi connectivity index (χ0) is 40.5. The molecule has 0 heterocycles. The maximum Gasteiger partial charge on any atom is 0.306 e. The zero-order valence-electron chi connectivity index (χ0n) is 37.6. The molecule has 0 rings (SSSR count). The summed E-state index contributed by atoms with van der Waals surface area (Å²) in [5, 5.41) is 0. The number of hydrogen-bond donors (Lipinski definition) is 0. The molecule has 0 aliphatic heterocycles. The van der Waals surface area contributed by atoms with Crippen molar-refractivity contribution in [2.24, 2.45) is 11.8 Å². The summed E-state index contributed by atoms with van der Waals surface area (Å²) >= 11 is 0. The van der Waals surface area contributed by atoms with E-state index in [0.717, 1.165) is 69.6 Å². The van der Waals surface area contributed by atoms with Gasteiger partial charge in [-0.1, -0.05) is 227 Å². The standard InChI is InChI=1S/C49H94O6/c1-6-8-9-10-11-17-24-29-34-39-47(50)53-42-46(43-54-48(51)40-35-30-25-21-20-23-28-33-38-45(5)7-2)55-49(52)41-36-31-26-19-16-14-12-13-15-18-22-27-32-37-44(3)4/h44-46H,6-43H2,1-5H3/t45?,46-/m0/s1. The molecule has 55 heavy (non-hydrogen) atoms. The van der Waals surface area contributed by atoms with Gasteiger partial charge < -0.3 is 14.2 Å². The SMILES string of the molecule is CCCCCCCCCCCC(=O)OC[C@@H](COC(=O)CCCCCCCCCCC(C)CC)OC(=O)CCCCCCCCCCCCCCCC(C)C. The molecule has 0 fully saturated rings. The van der Waals surface area contributed by atoms with Crippen LogP contribution < -0.4 is 0 Å². The van der Waals surface area contributed by atoms with E-state index in [0.29, 0.717) is 19.3 Å². The Morgan fingerprint density at radius 2 is 0.691 bits per heavy atom. The molecule has 2 atom stereocenters. The van der Waals surface area contributed by atoms with Gasteiger partial charge in [-0.15, -0.1) is 0 Å². The van der Waals surface area contributed by atoms with Crippen molar-refractivity contribution in [3.05, 3.63) is 0 Å². The smallest absolute Gasteiger partial charge is 0.306 e. The molecule has 0 amide bonds. The van der Waals surface area contributed by atoms with Gasteiger partial charge in [0.05, 0.1) is 0 Å². The Morgan fingerprint density at radius 3 is 1.04 bits per heavy atom. The molecule has 0 saturated heterocycles. The predicted molar refractivity (Wildman–Crippen MR) is 233 cm³/mol. The molecule has 0 aliphatic rings. The molecule has 326 valence electrons. The summed E-state index contributed by atoms with van der Waals surface area (Å²) in [6.45, 7) is 11.3. The Labute approximate surface area is 342 Å². The van der Waals surface area contributed by atoms with Gasteiger partial charge in [-0.25, -0.2) is 0 Å². The van der Waals surface area contributed by atoms with Crippen molar-refractivity contribution in [2.45, 2.75) is 272 Å². The van der Waals surface area contributed by atoms with Gasteiger partial charge in [0.25, 0.3) is 0 Å². The van der Waals surface area contributed by atoms with Crippen LogP contribution in [0, 0.1) is 11.8 Å². The molecule has 0 N–H and O–H groups in total. The third-order valence-corrected chi connectivity index (χ3v) is 11.3. The maximum absolute atomic E-state index is 12.7. The molecule has 0 aliphatic carbocycles. The highest BCUT2D eigenvalue weighted by atomic mass is 16.6. The van der Waals surface area contributed by atoms with Crippen molar-refractivity contribution < 1.29 is 28.6 Å². The Morgan fingerprint density at radius 1 is 0.382 bits per heavy atom. The van der Waals surface area contributed by atoms with E-state index in [1.54, 1.807) is 0 Å². The first-order valence-electron chi connectivity index (χ1n) is 24.3. The predicted octanol–water partition coefficient (Wildman–Crippen LogP) is 15.4. The van der Waals surface area contributed by atoms with E-state index < -0.39 is 6.10 Å². The van der Waals surface area contributed by atoms with Gasteiger partial charge in [0.15, 0.2) is 6.10 Å². The Balaban J connectivity index is 4.30. The lowest BCUT2D eigenvalue weighted by atomic mass is 9.99. The normalized spacial score (nSPS) is 12.5. The van der Waals surface area contributed by atoms with Gasteiger partial charge in [-0.05, 0) is 31.1 Å². The Kier molecular flexibility index (Phi) is 40.8. The lowest BCUT2D eigenvalue weighted by Crippen LogP contribution is -2.30. The topological polar surface area (TPSA) is 78.9 Å². The summed E-state index contributed by atoms with van der Waals surface area (Å²) in [4.78, 5) is 37.8. The first-order valence-corrected chi connectivity index (χ1v) is 24.3. The fraction of sp³-hybridized carbons (Fsp3) is 0.939. The molecule has 0 saturated carbocycles. The van der Waals surface area contributed by atoms with E-state index >= 15 is 0 Å². The summed E-state index contributed by atoms with van der Waals surface area (Å²) in [6, 6.07) is 0. The molecule has 0 aromatic carbocycles. The number of carbonyl (C=O) groups is 3. The fourth-order valence-electron chi connectivity index (χ4n) is 7.25. The van der Waals surface area contributed by atoms with Crippen molar-refractivity contribution in [2.75, 3.05) is 13.2 Å². The van der Waals surface area contributed by atoms with Crippen LogP contribution in [0.3, 0.4) is 0 Å². The molecule has 0 aromatic heterocycles. The van der Waals surface area contributed by atoms with Gasteiger partial charge in [0.1, 0.15) is 13.2 Å². The number of hydrogen-bond acceptors (Lipinski definition) is 6. The number of rotatable bonds is 43. The molecular formula is C49H94O6. The second-order valence-electron chi connectivity index (χ2n) is 17.5. The highest BCUT2D eigenvalue weighted by Crippen LogP contribution is 2.17. The van der Waals surface area contributed by atoms with E-state index in [2.05, 4.69) is 34.6 Å². The second kappa shape index (κ2) is 42.0. The Bertz CT molecular complexity index is 841. The quantitative estimate of drug-likeness (QED) is 0.0348. The summed E-state index contributed by atoms with van der Waals surface area (Å²) in [5.41, 5.74) is 0. The van der Waals surface area contributed by atoms with Crippen molar-refractivity contribution in [3.63, 3.8) is 0 Å². The minimum Gasteiger partial charge on any atom is -0.462 e.